The van der Waals surface area contributed by atoms with Gasteiger partial charge in [0.2, 0.25) is 0 Å². The third kappa shape index (κ3) is 1.07. The summed E-state index contributed by atoms with van der Waals surface area (Å²) in [4.78, 5) is 0. The van der Waals surface area contributed by atoms with Crippen LogP contribution >= 0.6 is 0 Å². The van der Waals surface area contributed by atoms with Gasteiger partial charge in [0.05, 0.1) is 6.10 Å². The Kier molecular flexibility index (Phi) is 1.77. The van der Waals surface area contributed by atoms with E-state index in [0.29, 0.717) is 5.92 Å². The lowest BCUT2D eigenvalue weighted by Gasteiger charge is -2.29. The summed E-state index contributed by atoms with van der Waals surface area (Å²) in [7, 11) is 0. The number of aliphatic hydroxyl groups excluding tert-OH is 1. The highest BCUT2D eigenvalue weighted by molar-refractivity contribution is 5.41. The zero-order valence-corrected chi connectivity index (χ0v) is 8.02. The van der Waals surface area contributed by atoms with Gasteiger partial charge < -0.3 is 9.84 Å². The average Bonchev–Trinajstić information content (AvgIpc) is 2.59. The van der Waals surface area contributed by atoms with Crippen molar-refractivity contribution in [2.24, 2.45) is 0 Å². The van der Waals surface area contributed by atoms with Crippen LogP contribution in [0.15, 0.2) is 24.3 Å². The molecule has 3 atom stereocenters. The Balaban J connectivity index is 2.00. The van der Waals surface area contributed by atoms with Crippen molar-refractivity contribution in [2.45, 2.75) is 37.4 Å². The van der Waals surface area contributed by atoms with E-state index in [-0.39, 0.29) is 12.2 Å². The van der Waals surface area contributed by atoms with Crippen LogP contribution < -0.4 is 4.74 Å². The molecule has 0 radical (unpaired) electrons. The van der Waals surface area contributed by atoms with Crippen LogP contribution in [0.4, 0.5) is 0 Å². The standard InChI is InChI=1S/C12H14O2/c13-10-6-3-5-9-8-4-1-2-7-11(8)14-12(9)10/h1-2,4,7,9-10,12-13H,3,5-6H2. The first-order valence-corrected chi connectivity index (χ1v) is 5.30. The Morgan fingerprint density at radius 3 is 3.00 bits per heavy atom. The molecule has 1 aromatic carbocycles. The van der Waals surface area contributed by atoms with Crippen molar-refractivity contribution in [3.63, 3.8) is 0 Å². The van der Waals surface area contributed by atoms with Crippen molar-refractivity contribution < 1.29 is 9.84 Å². The highest BCUT2D eigenvalue weighted by Crippen LogP contribution is 2.45. The Morgan fingerprint density at radius 2 is 2.07 bits per heavy atom. The van der Waals surface area contributed by atoms with Crippen molar-refractivity contribution in [3.05, 3.63) is 29.8 Å². The number of ether oxygens (including phenoxy) is 1. The van der Waals surface area contributed by atoms with E-state index in [4.69, 9.17) is 4.74 Å². The van der Waals surface area contributed by atoms with Crippen LogP contribution in [0, 0.1) is 0 Å². The molecule has 14 heavy (non-hydrogen) atoms. The third-order valence-corrected chi connectivity index (χ3v) is 3.37. The molecule has 1 aliphatic carbocycles. The summed E-state index contributed by atoms with van der Waals surface area (Å²) in [6.07, 6.45) is 2.88. The van der Waals surface area contributed by atoms with Crippen molar-refractivity contribution in [3.8, 4) is 5.75 Å². The molecule has 3 rings (SSSR count). The summed E-state index contributed by atoms with van der Waals surface area (Å²) in [5.74, 6) is 1.40. The first kappa shape index (κ1) is 8.30. The summed E-state index contributed by atoms with van der Waals surface area (Å²) in [5.41, 5.74) is 1.29. The Hall–Kier alpha value is -1.02. The molecule has 1 N–H and O–H groups in total. The molecule has 1 fully saturated rings. The molecule has 1 aliphatic heterocycles. The van der Waals surface area contributed by atoms with Gasteiger partial charge in [-0.25, -0.2) is 0 Å². The molecule has 74 valence electrons. The van der Waals surface area contributed by atoms with E-state index in [0.717, 1.165) is 25.0 Å². The van der Waals surface area contributed by atoms with E-state index in [1.165, 1.54) is 5.56 Å². The van der Waals surface area contributed by atoms with Gasteiger partial charge in [0.15, 0.2) is 0 Å². The van der Waals surface area contributed by atoms with Crippen LogP contribution in [0.3, 0.4) is 0 Å². The van der Waals surface area contributed by atoms with Crippen LogP contribution in [-0.2, 0) is 0 Å². The first-order valence-electron chi connectivity index (χ1n) is 5.30. The van der Waals surface area contributed by atoms with E-state index in [2.05, 4.69) is 6.07 Å². The van der Waals surface area contributed by atoms with E-state index in [9.17, 15) is 5.11 Å². The largest absolute Gasteiger partial charge is 0.487 e. The summed E-state index contributed by atoms with van der Waals surface area (Å²) < 4.78 is 5.77. The van der Waals surface area contributed by atoms with E-state index in [1.807, 2.05) is 18.2 Å². The molecule has 2 aliphatic rings. The van der Waals surface area contributed by atoms with Gasteiger partial charge in [0, 0.05) is 11.5 Å². The van der Waals surface area contributed by atoms with Gasteiger partial charge in [-0.05, 0) is 25.3 Å². The fraction of sp³-hybridized carbons (Fsp3) is 0.500. The van der Waals surface area contributed by atoms with Gasteiger partial charge in [0.25, 0.3) is 0 Å². The molecule has 0 bridgehead atoms. The smallest absolute Gasteiger partial charge is 0.131 e. The molecule has 0 aromatic heterocycles. The SMILES string of the molecule is OC1CCCC2c3ccccc3OC12. The molecule has 0 amide bonds. The number of rotatable bonds is 0. The number of fused-ring (bicyclic) bond motifs is 3. The Labute approximate surface area is 83.5 Å². The second kappa shape index (κ2) is 2.99. The van der Waals surface area contributed by atoms with Gasteiger partial charge in [0.1, 0.15) is 11.9 Å². The van der Waals surface area contributed by atoms with Crippen LogP contribution in [0.1, 0.15) is 30.7 Å². The van der Waals surface area contributed by atoms with Crippen molar-refractivity contribution >= 4 is 0 Å². The Morgan fingerprint density at radius 1 is 1.21 bits per heavy atom. The molecular weight excluding hydrogens is 176 g/mol. The summed E-state index contributed by atoms with van der Waals surface area (Å²) in [5, 5.41) is 9.83. The van der Waals surface area contributed by atoms with Gasteiger partial charge >= 0.3 is 0 Å². The second-order valence-corrected chi connectivity index (χ2v) is 4.23. The summed E-state index contributed by atoms with van der Waals surface area (Å²) >= 11 is 0. The normalized spacial score (nSPS) is 34.5. The minimum absolute atomic E-state index is 0.0150. The lowest BCUT2D eigenvalue weighted by Crippen LogP contribution is -2.36. The number of hydrogen-bond acceptors (Lipinski definition) is 2. The fourth-order valence-corrected chi connectivity index (χ4v) is 2.68. The first-order chi connectivity index (χ1) is 6.86. The molecular formula is C12H14O2. The third-order valence-electron chi connectivity index (χ3n) is 3.37. The minimum atomic E-state index is -0.277. The van der Waals surface area contributed by atoms with Crippen LogP contribution in [0.5, 0.6) is 5.75 Å². The molecule has 3 unspecified atom stereocenters. The Bertz CT molecular complexity index is 348. The van der Waals surface area contributed by atoms with E-state index < -0.39 is 0 Å². The van der Waals surface area contributed by atoms with Crippen molar-refractivity contribution in [2.75, 3.05) is 0 Å². The summed E-state index contributed by atoms with van der Waals surface area (Å²) in [6, 6.07) is 8.16. The quantitative estimate of drug-likeness (QED) is 0.678. The van der Waals surface area contributed by atoms with Crippen molar-refractivity contribution in [1.29, 1.82) is 0 Å². The van der Waals surface area contributed by atoms with E-state index in [1.54, 1.807) is 0 Å². The van der Waals surface area contributed by atoms with Gasteiger partial charge in [-0.3, -0.25) is 0 Å². The van der Waals surface area contributed by atoms with Gasteiger partial charge in [-0.15, -0.1) is 0 Å². The molecule has 1 heterocycles. The van der Waals surface area contributed by atoms with Crippen molar-refractivity contribution in [1.82, 2.24) is 0 Å². The highest BCUT2D eigenvalue weighted by atomic mass is 16.5. The van der Waals surface area contributed by atoms with Crippen LogP contribution in [0.25, 0.3) is 0 Å². The lowest BCUT2D eigenvalue weighted by atomic mass is 9.82. The maximum Gasteiger partial charge on any atom is 0.131 e. The monoisotopic (exact) mass is 190 g/mol. The maximum atomic E-state index is 9.83. The maximum absolute atomic E-state index is 9.83. The van der Waals surface area contributed by atoms with Gasteiger partial charge in [-0.2, -0.15) is 0 Å². The molecule has 0 spiro atoms. The predicted molar refractivity (Wildman–Crippen MR) is 53.5 cm³/mol. The lowest BCUT2D eigenvalue weighted by molar-refractivity contribution is 0.00933. The minimum Gasteiger partial charge on any atom is -0.487 e. The van der Waals surface area contributed by atoms with Crippen LogP contribution in [0.2, 0.25) is 0 Å². The van der Waals surface area contributed by atoms with Crippen LogP contribution in [-0.4, -0.2) is 17.3 Å². The predicted octanol–water partition coefficient (Wildman–Crippen LogP) is 2.08. The molecule has 1 aromatic rings. The molecule has 0 saturated heterocycles. The topological polar surface area (TPSA) is 29.5 Å². The zero-order valence-electron chi connectivity index (χ0n) is 8.02. The molecule has 2 nitrogen and oxygen atoms in total. The molecule has 2 heteroatoms. The number of hydrogen-bond donors (Lipinski definition) is 1. The number of aliphatic hydroxyl groups is 1. The second-order valence-electron chi connectivity index (χ2n) is 4.23. The summed E-state index contributed by atoms with van der Waals surface area (Å²) in [6.45, 7) is 0. The van der Waals surface area contributed by atoms with Gasteiger partial charge in [-0.1, -0.05) is 18.2 Å². The molecule has 1 saturated carbocycles. The zero-order chi connectivity index (χ0) is 9.54. The number of para-hydroxylation sites is 1. The van der Waals surface area contributed by atoms with E-state index >= 15 is 0 Å². The number of benzene rings is 1. The highest BCUT2D eigenvalue weighted by Gasteiger charge is 2.40. The fourth-order valence-electron chi connectivity index (χ4n) is 2.68. The average molecular weight is 190 g/mol.